The van der Waals surface area contributed by atoms with Gasteiger partial charge in [0.2, 0.25) is 11.8 Å². The van der Waals surface area contributed by atoms with Crippen molar-refractivity contribution < 1.29 is 9.21 Å². The number of rotatable bonds is 2. The third-order valence-corrected chi connectivity index (χ3v) is 14.1. The van der Waals surface area contributed by atoms with Crippen LogP contribution in [0.2, 0.25) is 0 Å². The molecular weight excluding hydrogens is 506 g/mol. The molecule has 4 saturated carbocycles. The molecule has 0 aliphatic heterocycles. The monoisotopic (exact) mass is 555 g/mol. The quantitative estimate of drug-likeness (QED) is 0.347. The first kappa shape index (κ1) is 27.5. The summed E-state index contributed by atoms with van der Waals surface area (Å²) in [5, 5.41) is 9.34. The number of aromatic nitrogens is 3. The number of Topliss-reactive ketones (excluding diaryl/α,β-unsaturated/α-hetero) is 1. The molecule has 7 atom stereocenters. The Morgan fingerprint density at radius 1 is 0.902 bits per heavy atom. The predicted molar refractivity (Wildman–Crippen MR) is 161 cm³/mol. The number of carbonyl (C=O) groups is 1. The van der Waals surface area contributed by atoms with E-state index in [4.69, 9.17) is 9.52 Å². The van der Waals surface area contributed by atoms with E-state index in [2.05, 4.69) is 64.6 Å². The van der Waals surface area contributed by atoms with Crippen LogP contribution in [0.25, 0.3) is 11.5 Å². The Bertz CT molecular complexity index is 1410. The summed E-state index contributed by atoms with van der Waals surface area (Å²) in [6.07, 6.45) is 17.3. The van der Waals surface area contributed by atoms with E-state index in [1.54, 1.807) is 11.8 Å². The molecule has 0 bridgehead atoms. The van der Waals surface area contributed by atoms with Crippen molar-refractivity contribution in [1.29, 1.82) is 0 Å². The molecule has 0 amide bonds. The van der Waals surface area contributed by atoms with Crippen LogP contribution in [0.3, 0.4) is 0 Å². The van der Waals surface area contributed by atoms with Gasteiger partial charge in [0.15, 0.2) is 0 Å². The molecule has 5 aliphatic carbocycles. The van der Waals surface area contributed by atoms with E-state index >= 15 is 0 Å². The van der Waals surface area contributed by atoms with E-state index in [9.17, 15) is 4.79 Å². The first-order valence-corrected chi connectivity index (χ1v) is 16.3. The summed E-state index contributed by atoms with van der Waals surface area (Å²) in [5.41, 5.74) is 3.13. The van der Waals surface area contributed by atoms with Crippen LogP contribution in [-0.4, -0.2) is 21.0 Å². The minimum absolute atomic E-state index is 0.0993. The number of hydrogen-bond acceptors (Lipinski definition) is 5. The summed E-state index contributed by atoms with van der Waals surface area (Å²) < 4.78 is 6.58. The van der Waals surface area contributed by atoms with Gasteiger partial charge in [-0.05, 0) is 109 Å². The molecule has 5 heteroatoms. The zero-order valence-electron chi connectivity index (χ0n) is 26.3. The summed E-state index contributed by atoms with van der Waals surface area (Å²) in [5.74, 6) is 3.42. The minimum atomic E-state index is -0.210. The third-order valence-electron chi connectivity index (χ3n) is 14.1. The summed E-state index contributed by atoms with van der Waals surface area (Å²) >= 11 is 0. The van der Waals surface area contributed by atoms with Crippen LogP contribution in [0.4, 0.5) is 0 Å². The number of allylic oxidation sites excluding steroid dienone is 2. The molecule has 5 nitrogen and oxygen atoms in total. The van der Waals surface area contributed by atoms with Crippen molar-refractivity contribution in [3.8, 4) is 11.5 Å². The highest BCUT2D eigenvalue weighted by Gasteiger charge is 2.69. The van der Waals surface area contributed by atoms with Gasteiger partial charge in [0, 0.05) is 24.2 Å². The summed E-state index contributed by atoms with van der Waals surface area (Å²) in [7, 11) is 0. The molecule has 0 spiro atoms. The van der Waals surface area contributed by atoms with Crippen molar-refractivity contribution in [3.05, 3.63) is 42.1 Å². The molecule has 41 heavy (non-hydrogen) atoms. The van der Waals surface area contributed by atoms with E-state index in [0.717, 1.165) is 50.0 Å². The largest absolute Gasteiger partial charge is 0.420 e. The van der Waals surface area contributed by atoms with Crippen molar-refractivity contribution >= 4 is 5.78 Å². The van der Waals surface area contributed by atoms with E-state index < -0.39 is 0 Å². The lowest BCUT2D eigenvalue weighted by Crippen LogP contribution is -2.64. The lowest BCUT2D eigenvalue weighted by atomic mass is 9.33. The fourth-order valence-electron chi connectivity index (χ4n) is 11.5. The van der Waals surface area contributed by atoms with Gasteiger partial charge in [-0.15, -0.1) is 10.2 Å². The third kappa shape index (κ3) is 3.59. The highest BCUT2D eigenvalue weighted by atomic mass is 16.4. The Kier molecular flexibility index (Phi) is 5.80. The maximum absolute atomic E-state index is 13.1. The van der Waals surface area contributed by atoms with E-state index in [1.807, 2.05) is 18.3 Å². The fourth-order valence-corrected chi connectivity index (χ4v) is 11.5. The Balaban J connectivity index is 1.31. The minimum Gasteiger partial charge on any atom is -0.420 e. The van der Waals surface area contributed by atoms with Gasteiger partial charge in [0.1, 0.15) is 5.78 Å². The molecule has 220 valence electrons. The zero-order chi connectivity index (χ0) is 29.1. The van der Waals surface area contributed by atoms with Crippen LogP contribution in [0, 0.1) is 44.8 Å². The SMILES string of the molecule is CC1(C)CC[C@]2(c3nnc(-c4cccnc4)o3)CC[C@]3(C)C(=CC[C@@H]4[C@@]5(C)CCC(=O)C(C)(C)[C@@H]5CC[C@]43C)[C@@H]2C1. The molecule has 4 fully saturated rings. The lowest BCUT2D eigenvalue weighted by molar-refractivity contribution is -0.182. The number of fused-ring (bicyclic) bond motifs is 7. The second-order valence-electron chi connectivity index (χ2n) is 16.7. The molecule has 2 aromatic rings. The van der Waals surface area contributed by atoms with Crippen LogP contribution >= 0.6 is 0 Å². The zero-order valence-corrected chi connectivity index (χ0v) is 26.3. The van der Waals surface area contributed by atoms with Gasteiger partial charge in [-0.2, -0.15) is 0 Å². The second kappa shape index (κ2) is 8.63. The van der Waals surface area contributed by atoms with Crippen LogP contribution in [0.15, 0.2) is 40.6 Å². The van der Waals surface area contributed by atoms with Crippen LogP contribution in [0.5, 0.6) is 0 Å². The average molecular weight is 556 g/mol. The molecule has 5 aliphatic rings. The topological polar surface area (TPSA) is 68.9 Å². The average Bonchev–Trinajstić information content (AvgIpc) is 3.43. The first-order valence-electron chi connectivity index (χ1n) is 16.3. The molecule has 0 saturated heterocycles. The molecule has 7 rings (SSSR count). The summed E-state index contributed by atoms with van der Waals surface area (Å²) in [6, 6.07) is 3.93. The van der Waals surface area contributed by atoms with Gasteiger partial charge in [-0.3, -0.25) is 9.78 Å². The molecular formula is C36H49N3O2. The van der Waals surface area contributed by atoms with Gasteiger partial charge in [-0.1, -0.05) is 60.1 Å². The smallest absolute Gasteiger partial charge is 0.249 e. The predicted octanol–water partition coefficient (Wildman–Crippen LogP) is 8.75. The fraction of sp³-hybridized carbons (Fsp3) is 0.722. The van der Waals surface area contributed by atoms with E-state index in [-0.39, 0.29) is 32.5 Å². The first-order chi connectivity index (χ1) is 19.3. The Labute approximate surface area is 246 Å². The maximum Gasteiger partial charge on any atom is 0.249 e. The Morgan fingerprint density at radius 3 is 2.44 bits per heavy atom. The Morgan fingerprint density at radius 2 is 1.68 bits per heavy atom. The molecule has 0 aromatic carbocycles. The van der Waals surface area contributed by atoms with Crippen molar-refractivity contribution in [2.24, 2.45) is 44.8 Å². The van der Waals surface area contributed by atoms with Crippen molar-refractivity contribution in [1.82, 2.24) is 15.2 Å². The highest BCUT2D eigenvalue weighted by Crippen LogP contribution is 2.75. The van der Waals surface area contributed by atoms with Gasteiger partial charge in [0.25, 0.3) is 0 Å². The van der Waals surface area contributed by atoms with Crippen LogP contribution < -0.4 is 0 Å². The number of carbonyl (C=O) groups excluding carboxylic acids is 1. The summed E-state index contributed by atoms with van der Waals surface area (Å²) in [4.78, 5) is 17.4. The van der Waals surface area contributed by atoms with Crippen LogP contribution in [-0.2, 0) is 10.2 Å². The molecule has 0 unspecified atom stereocenters. The van der Waals surface area contributed by atoms with Gasteiger partial charge >= 0.3 is 0 Å². The highest BCUT2D eigenvalue weighted by molar-refractivity contribution is 5.85. The number of pyridine rings is 1. The Hall–Kier alpha value is -2.30. The standard InChI is InChI=1S/C36H49N3O2/c1-31(2)16-18-36(30-39-38-29(41-30)23-9-8-20-37-22-23)19-17-34(6)24(25(36)21-31)10-11-27-33(5)14-13-28(40)32(3,4)26(33)12-15-35(27,34)7/h8-10,20,22,25-27H,11-19,21H2,1-7H3/t25-,26-,27+,33-,34+,35+,36-/m0/s1. The van der Waals surface area contributed by atoms with Gasteiger partial charge < -0.3 is 4.42 Å². The second-order valence-corrected chi connectivity index (χ2v) is 16.7. The molecule has 0 radical (unpaired) electrons. The van der Waals surface area contributed by atoms with Gasteiger partial charge in [0.05, 0.1) is 11.0 Å². The van der Waals surface area contributed by atoms with E-state index in [0.29, 0.717) is 29.4 Å². The van der Waals surface area contributed by atoms with Crippen molar-refractivity contribution in [3.63, 3.8) is 0 Å². The molecule has 2 aromatic heterocycles. The van der Waals surface area contributed by atoms with Crippen LogP contribution in [0.1, 0.15) is 119 Å². The summed E-state index contributed by atoms with van der Waals surface area (Å²) in [6.45, 7) is 17.2. The molecule has 2 heterocycles. The van der Waals surface area contributed by atoms with Crippen molar-refractivity contribution in [2.45, 2.75) is 118 Å². The van der Waals surface area contributed by atoms with E-state index in [1.165, 1.54) is 25.7 Å². The maximum atomic E-state index is 13.1. The van der Waals surface area contributed by atoms with Gasteiger partial charge in [-0.25, -0.2) is 0 Å². The number of hydrogen-bond donors (Lipinski definition) is 0. The number of nitrogens with zero attached hydrogens (tertiary/aromatic N) is 3. The lowest BCUT2D eigenvalue weighted by Gasteiger charge is -2.70. The normalized spacial score (nSPS) is 42.8. The number of ketones is 1. The molecule has 0 N–H and O–H groups in total. The van der Waals surface area contributed by atoms with Crippen molar-refractivity contribution in [2.75, 3.05) is 0 Å².